The molecule has 0 radical (unpaired) electrons. The molecule has 3 rings (SSSR count). The van der Waals surface area contributed by atoms with Crippen LogP contribution < -0.4 is 0 Å². The lowest BCUT2D eigenvalue weighted by Gasteiger charge is -2.19. The summed E-state index contributed by atoms with van der Waals surface area (Å²) < 4.78 is 0. The Labute approximate surface area is 114 Å². The van der Waals surface area contributed by atoms with Gasteiger partial charge in [-0.3, -0.25) is 9.59 Å². The molecule has 0 bridgehead atoms. The maximum Gasteiger partial charge on any atom is 0.335 e. The van der Waals surface area contributed by atoms with E-state index in [0.717, 1.165) is 0 Å². The van der Waals surface area contributed by atoms with E-state index in [1.807, 2.05) is 0 Å². The average molecular weight is 266 g/mol. The first kappa shape index (κ1) is 12.3. The number of aromatic carboxylic acids is 1. The van der Waals surface area contributed by atoms with Gasteiger partial charge in [-0.15, -0.1) is 0 Å². The number of aryl methyl sites for hydroxylation is 1. The van der Waals surface area contributed by atoms with Crippen molar-refractivity contribution in [2.75, 3.05) is 0 Å². The molecule has 0 spiro atoms. The van der Waals surface area contributed by atoms with E-state index in [-0.39, 0.29) is 22.7 Å². The molecule has 0 atom stereocenters. The molecule has 2 aromatic rings. The van der Waals surface area contributed by atoms with Crippen LogP contribution in [0.2, 0.25) is 0 Å². The Kier molecular flexibility index (Phi) is 2.54. The van der Waals surface area contributed by atoms with Crippen LogP contribution in [0.3, 0.4) is 0 Å². The fourth-order valence-corrected chi connectivity index (χ4v) is 2.55. The fourth-order valence-electron chi connectivity index (χ4n) is 2.55. The van der Waals surface area contributed by atoms with Crippen molar-refractivity contribution in [1.29, 1.82) is 0 Å². The molecule has 0 fully saturated rings. The predicted octanol–water partition coefficient (Wildman–Crippen LogP) is 2.47. The lowest BCUT2D eigenvalue weighted by molar-refractivity contribution is 0.0696. The SMILES string of the molecule is Cc1cc(C(=O)O)cc2c1C(=O)c1ccccc1C2=O. The average Bonchev–Trinajstić information content (AvgIpc) is 2.44. The van der Waals surface area contributed by atoms with Gasteiger partial charge >= 0.3 is 5.97 Å². The molecule has 4 nitrogen and oxygen atoms in total. The van der Waals surface area contributed by atoms with E-state index in [2.05, 4.69) is 0 Å². The second-order valence-electron chi connectivity index (χ2n) is 4.72. The highest BCUT2D eigenvalue weighted by Crippen LogP contribution is 2.30. The van der Waals surface area contributed by atoms with E-state index in [1.54, 1.807) is 31.2 Å². The summed E-state index contributed by atoms with van der Waals surface area (Å²) in [6.07, 6.45) is 0. The maximum atomic E-state index is 12.5. The Morgan fingerprint density at radius 3 is 2.15 bits per heavy atom. The largest absolute Gasteiger partial charge is 0.478 e. The summed E-state index contributed by atoms with van der Waals surface area (Å²) in [7, 11) is 0. The fraction of sp³-hybridized carbons (Fsp3) is 0.0625. The van der Waals surface area contributed by atoms with Crippen LogP contribution >= 0.6 is 0 Å². The summed E-state index contributed by atoms with van der Waals surface area (Å²) in [5.74, 6) is -1.65. The quantitative estimate of drug-likeness (QED) is 0.734. The Morgan fingerprint density at radius 2 is 1.55 bits per heavy atom. The van der Waals surface area contributed by atoms with Crippen molar-refractivity contribution in [3.05, 3.63) is 69.8 Å². The van der Waals surface area contributed by atoms with Gasteiger partial charge in [-0.1, -0.05) is 24.3 Å². The second-order valence-corrected chi connectivity index (χ2v) is 4.72. The smallest absolute Gasteiger partial charge is 0.335 e. The molecule has 0 aromatic heterocycles. The number of carboxylic acids is 1. The third-order valence-electron chi connectivity index (χ3n) is 3.47. The van der Waals surface area contributed by atoms with Gasteiger partial charge in [-0.2, -0.15) is 0 Å². The number of ketones is 2. The zero-order chi connectivity index (χ0) is 14.4. The third kappa shape index (κ3) is 1.58. The summed E-state index contributed by atoms with van der Waals surface area (Å²) in [5.41, 5.74) is 1.70. The molecule has 0 unspecified atom stereocenters. The van der Waals surface area contributed by atoms with Gasteiger partial charge in [0.1, 0.15) is 0 Å². The second kappa shape index (κ2) is 4.13. The number of fused-ring (bicyclic) bond motifs is 2. The molecule has 20 heavy (non-hydrogen) atoms. The van der Waals surface area contributed by atoms with Crippen molar-refractivity contribution < 1.29 is 19.5 Å². The molecular weight excluding hydrogens is 256 g/mol. The van der Waals surface area contributed by atoms with Crippen molar-refractivity contribution in [3.63, 3.8) is 0 Å². The first-order chi connectivity index (χ1) is 9.50. The predicted molar refractivity (Wildman–Crippen MR) is 71.4 cm³/mol. The molecule has 1 aliphatic rings. The van der Waals surface area contributed by atoms with E-state index in [4.69, 9.17) is 5.11 Å². The number of rotatable bonds is 1. The third-order valence-corrected chi connectivity index (χ3v) is 3.47. The minimum absolute atomic E-state index is 0.0155. The summed E-state index contributed by atoms with van der Waals surface area (Å²) in [6, 6.07) is 9.28. The van der Waals surface area contributed by atoms with Crippen LogP contribution in [0.25, 0.3) is 0 Å². The van der Waals surface area contributed by atoms with Gasteiger partial charge < -0.3 is 5.11 Å². The Morgan fingerprint density at radius 1 is 0.950 bits per heavy atom. The van der Waals surface area contributed by atoms with Crippen molar-refractivity contribution in [2.45, 2.75) is 6.92 Å². The highest BCUT2D eigenvalue weighted by atomic mass is 16.4. The van der Waals surface area contributed by atoms with Crippen molar-refractivity contribution in [2.24, 2.45) is 0 Å². The molecule has 98 valence electrons. The molecule has 4 heteroatoms. The molecule has 0 amide bonds. The zero-order valence-electron chi connectivity index (χ0n) is 10.6. The van der Waals surface area contributed by atoms with Crippen LogP contribution in [0.5, 0.6) is 0 Å². The van der Waals surface area contributed by atoms with Gasteiger partial charge in [0.05, 0.1) is 5.56 Å². The number of carbonyl (C=O) groups excluding carboxylic acids is 2. The minimum atomic E-state index is -1.12. The summed E-state index contributed by atoms with van der Waals surface area (Å²) in [4.78, 5) is 36.0. The minimum Gasteiger partial charge on any atom is -0.478 e. The monoisotopic (exact) mass is 266 g/mol. The van der Waals surface area contributed by atoms with E-state index in [1.165, 1.54) is 12.1 Å². The number of benzene rings is 2. The number of hydrogen-bond acceptors (Lipinski definition) is 3. The van der Waals surface area contributed by atoms with Gasteiger partial charge in [-0.05, 0) is 24.6 Å². The molecule has 0 aliphatic heterocycles. The molecule has 1 N–H and O–H groups in total. The van der Waals surface area contributed by atoms with Crippen LogP contribution in [0.1, 0.15) is 47.8 Å². The van der Waals surface area contributed by atoms with Crippen LogP contribution in [-0.4, -0.2) is 22.6 Å². The first-order valence-corrected chi connectivity index (χ1v) is 6.07. The van der Waals surface area contributed by atoms with E-state index >= 15 is 0 Å². The van der Waals surface area contributed by atoms with Gasteiger partial charge in [0.2, 0.25) is 0 Å². The van der Waals surface area contributed by atoms with Crippen LogP contribution in [-0.2, 0) is 0 Å². The van der Waals surface area contributed by atoms with Gasteiger partial charge in [0.25, 0.3) is 0 Å². The molecule has 0 heterocycles. The van der Waals surface area contributed by atoms with Crippen LogP contribution in [0.15, 0.2) is 36.4 Å². The van der Waals surface area contributed by atoms with E-state index in [9.17, 15) is 14.4 Å². The molecule has 1 aliphatic carbocycles. The number of carboxylic acid groups (broad SMARTS) is 1. The van der Waals surface area contributed by atoms with E-state index < -0.39 is 5.97 Å². The van der Waals surface area contributed by atoms with Crippen molar-refractivity contribution >= 4 is 17.5 Å². The highest BCUT2D eigenvalue weighted by Gasteiger charge is 2.31. The summed E-state index contributed by atoms with van der Waals surface area (Å²) in [5, 5.41) is 9.06. The number of hydrogen-bond donors (Lipinski definition) is 1. The summed E-state index contributed by atoms with van der Waals surface area (Å²) in [6.45, 7) is 1.64. The van der Waals surface area contributed by atoms with E-state index in [0.29, 0.717) is 22.3 Å². The molecule has 2 aromatic carbocycles. The van der Waals surface area contributed by atoms with Gasteiger partial charge in [0, 0.05) is 22.3 Å². The standard InChI is InChI=1S/C16H10O4/c1-8-6-9(16(19)20)7-12-13(8)15(18)11-5-3-2-4-10(11)14(12)17/h2-7H,1H3,(H,19,20). The van der Waals surface area contributed by atoms with Gasteiger partial charge in [-0.25, -0.2) is 4.79 Å². The Hall–Kier alpha value is -2.75. The van der Waals surface area contributed by atoms with Gasteiger partial charge in [0.15, 0.2) is 11.6 Å². The van der Waals surface area contributed by atoms with Crippen molar-refractivity contribution in [1.82, 2.24) is 0 Å². The molecule has 0 saturated carbocycles. The highest BCUT2D eigenvalue weighted by molar-refractivity contribution is 6.29. The summed E-state index contributed by atoms with van der Waals surface area (Å²) >= 11 is 0. The lowest BCUT2D eigenvalue weighted by atomic mass is 9.81. The molecular formula is C16H10O4. The van der Waals surface area contributed by atoms with Crippen LogP contribution in [0.4, 0.5) is 0 Å². The number of carbonyl (C=O) groups is 3. The van der Waals surface area contributed by atoms with Crippen molar-refractivity contribution in [3.8, 4) is 0 Å². The topological polar surface area (TPSA) is 71.4 Å². The lowest BCUT2D eigenvalue weighted by Crippen LogP contribution is -2.22. The first-order valence-electron chi connectivity index (χ1n) is 6.07. The Bertz CT molecular complexity index is 787. The zero-order valence-corrected chi connectivity index (χ0v) is 10.6. The van der Waals surface area contributed by atoms with Crippen LogP contribution in [0, 0.1) is 6.92 Å². The maximum absolute atomic E-state index is 12.5. The normalized spacial score (nSPS) is 12.8. The Balaban J connectivity index is 2.33. The molecule has 0 saturated heterocycles.